The minimum atomic E-state index is -1.02. The molecule has 0 aliphatic heterocycles. The number of fused-ring (bicyclic) bond motifs is 5. The van der Waals surface area contributed by atoms with Gasteiger partial charge in [0, 0.05) is 42.5 Å². The quantitative estimate of drug-likeness (QED) is 0.296. The van der Waals surface area contributed by atoms with Gasteiger partial charge in [0.05, 0.1) is 6.10 Å². The first-order chi connectivity index (χ1) is 17.8. The van der Waals surface area contributed by atoms with Crippen LogP contribution in [-0.2, 0) is 20.7 Å². The summed E-state index contributed by atoms with van der Waals surface area (Å²) in [4.78, 5) is 25.0. The van der Waals surface area contributed by atoms with Gasteiger partial charge in [-0.25, -0.2) is 4.79 Å². The Morgan fingerprint density at radius 3 is 2.42 bits per heavy atom. The lowest BCUT2D eigenvalue weighted by molar-refractivity contribution is -0.158. The van der Waals surface area contributed by atoms with E-state index in [1.165, 1.54) is 6.92 Å². The molecule has 0 unspecified atom stereocenters. The summed E-state index contributed by atoms with van der Waals surface area (Å²) in [6, 6.07) is 8.84. The fourth-order valence-corrected chi connectivity index (χ4v) is 9.36. The molecule has 0 bridgehead atoms. The van der Waals surface area contributed by atoms with Gasteiger partial charge in [-0.3, -0.25) is 4.79 Å². The molecule has 208 valence electrons. The van der Waals surface area contributed by atoms with Crippen LogP contribution in [-0.4, -0.2) is 52.0 Å². The lowest BCUT2D eigenvalue weighted by Crippen LogP contribution is -2.74. The van der Waals surface area contributed by atoms with Crippen molar-refractivity contribution in [2.75, 3.05) is 0 Å². The molecule has 8 heteroatoms. The van der Waals surface area contributed by atoms with Crippen LogP contribution in [0.1, 0.15) is 64.9 Å². The molecule has 0 spiro atoms. The summed E-state index contributed by atoms with van der Waals surface area (Å²) in [5, 5.41) is 21.0. The second-order valence-corrected chi connectivity index (χ2v) is 12.9. The fourth-order valence-electron chi connectivity index (χ4n) is 9.36. The third-order valence-corrected chi connectivity index (χ3v) is 11.1. The van der Waals surface area contributed by atoms with Gasteiger partial charge in [-0.1, -0.05) is 44.2 Å². The third kappa shape index (κ3) is 3.95. The van der Waals surface area contributed by atoms with Gasteiger partial charge in [0.15, 0.2) is 0 Å². The molecule has 1 aromatic carbocycles. The summed E-state index contributed by atoms with van der Waals surface area (Å²) in [6.07, 6.45) is 3.07. The van der Waals surface area contributed by atoms with Gasteiger partial charge in [0.1, 0.15) is 6.10 Å². The van der Waals surface area contributed by atoms with Crippen molar-refractivity contribution in [3.05, 3.63) is 47.0 Å². The van der Waals surface area contributed by atoms with Gasteiger partial charge < -0.3 is 32.2 Å². The van der Waals surface area contributed by atoms with Gasteiger partial charge in [0.25, 0.3) is 0 Å². The summed E-state index contributed by atoms with van der Waals surface area (Å²) < 4.78 is 5.86. The summed E-state index contributed by atoms with van der Waals surface area (Å²) in [5.74, 6) is -1.59. The van der Waals surface area contributed by atoms with Gasteiger partial charge in [-0.2, -0.15) is 0 Å². The zero-order chi connectivity index (χ0) is 27.6. The number of aliphatic hydroxyl groups is 1. The molecule has 4 saturated carbocycles. The lowest BCUT2D eigenvalue weighted by atomic mass is 9.39. The number of aliphatic carboxylic acids is 1. The topological polar surface area (TPSA) is 162 Å². The summed E-state index contributed by atoms with van der Waals surface area (Å²) >= 11 is 0. The van der Waals surface area contributed by atoms with Crippen LogP contribution in [0.4, 0.5) is 0 Å². The number of hydrogen-bond acceptors (Lipinski definition) is 7. The number of aliphatic hydroxyl groups excluding tert-OH is 1. The summed E-state index contributed by atoms with van der Waals surface area (Å²) in [6.45, 7) is 5.76. The molecule has 10 atom stereocenters. The molecular weight excluding hydrogens is 482 g/mol. The number of hydrogen-bond donors (Lipinski definition) is 5. The van der Waals surface area contributed by atoms with E-state index >= 15 is 0 Å². The zero-order valence-corrected chi connectivity index (χ0v) is 22.7. The third-order valence-electron chi connectivity index (χ3n) is 11.1. The highest BCUT2D eigenvalue weighted by atomic mass is 16.5. The molecule has 1 aromatic rings. The van der Waals surface area contributed by atoms with Crippen molar-refractivity contribution < 1.29 is 24.5 Å². The summed E-state index contributed by atoms with van der Waals surface area (Å²) in [7, 11) is 0. The van der Waals surface area contributed by atoms with Crippen molar-refractivity contribution in [3.63, 3.8) is 0 Å². The van der Waals surface area contributed by atoms with E-state index in [1.54, 1.807) is 0 Å². The van der Waals surface area contributed by atoms with Crippen LogP contribution in [0.2, 0.25) is 0 Å². The number of rotatable bonds is 4. The van der Waals surface area contributed by atoms with E-state index in [-0.39, 0.29) is 47.2 Å². The maximum Gasteiger partial charge on any atom is 0.332 e. The molecule has 4 aliphatic carbocycles. The Labute approximate surface area is 225 Å². The number of carboxylic acid groups (broad SMARTS) is 1. The molecule has 4 aliphatic rings. The van der Waals surface area contributed by atoms with Crippen LogP contribution in [0.15, 0.2) is 41.5 Å². The van der Waals surface area contributed by atoms with Gasteiger partial charge in [-0.05, 0) is 72.3 Å². The normalized spacial score (nSPS) is 45.4. The lowest BCUT2D eigenvalue weighted by Gasteiger charge is -2.68. The first-order valence-corrected chi connectivity index (χ1v) is 14.0. The molecule has 0 aromatic heterocycles. The fraction of sp³-hybridized carbons (Fsp3) is 0.667. The number of carbonyl (C=O) groups excluding carboxylic acids is 1. The average Bonchev–Trinajstić information content (AvgIpc) is 3.15. The Morgan fingerprint density at radius 1 is 1.11 bits per heavy atom. The maximum absolute atomic E-state index is 12.8. The number of esters is 1. The first-order valence-electron chi connectivity index (χ1n) is 14.0. The monoisotopic (exact) mass is 525 g/mol. The van der Waals surface area contributed by atoms with E-state index in [1.807, 2.05) is 30.3 Å². The number of ether oxygens (including phenoxy) is 1. The van der Waals surface area contributed by atoms with E-state index in [0.29, 0.717) is 31.3 Å². The van der Waals surface area contributed by atoms with E-state index in [4.69, 9.17) is 21.9 Å². The first kappa shape index (κ1) is 27.3. The summed E-state index contributed by atoms with van der Waals surface area (Å²) in [5.41, 5.74) is 21.5. The molecule has 0 saturated heterocycles. The van der Waals surface area contributed by atoms with Crippen LogP contribution in [0.25, 0.3) is 0 Å². The molecule has 5 rings (SSSR count). The Hall–Kier alpha value is -2.26. The average molecular weight is 526 g/mol. The van der Waals surface area contributed by atoms with E-state index in [0.717, 1.165) is 18.4 Å². The van der Waals surface area contributed by atoms with Crippen LogP contribution in [0.5, 0.6) is 0 Å². The predicted octanol–water partition coefficient (Wildman–Crippen LogP) is 2.51. The highest BCUT2D eigenvalue weighted by Crippen LogP contribution is 2.69. The van der Waals surface area contributed by atoms with Gasteiger partial charge in [0.2, 0.25) is 0 Å². The molecule has 8 nitrogen and oxygen atoms in total. The number of carboxylic acids is 1. The van der Waals surface area contributed by atoms with Crippen LogP contribution in [0, 0.1) is 28.6 Å². The standard InChI is InChI=1S/C30H43N3O5/c1-16(34)38-22-15-29(3)25(24(22)18(27(36)37)13-17-7-5-4-6-8-17)20(31)14-23-28(2)11-10-21(35)26(32)19(28)9-12-30(23,29)33/h4-8,19-23,25-26,35H,9-15,31-33H2,1-3H3,(H,36,37)/b24-18+/t19-,20-,21+,22-,23-,25-,26-,28-,29-,30+/m0/s1. The second-order valence-electron chi connectivity index (χ2n) is 12.9. The van der Waals surface area contributed by atoms with Crippen molar-refractivity contribution >= 4 is 11.9 Å². The second kappa shape index (κ2) is 9.44. The van der Waals surface area contributed by atoms with Crippen molar-refractivity contribution in [2.24, 2.45) is 45.8 Å². The molecule has 8 N–H and O–H groups in total. The molecule has 0 amide bonds. The Bertz CT molecular complexity index is 1140. The zero-order valence-electron chi connectivity index (χ0n) is 22.7. The Kier molecular flexibility index (Phi) is 6.78. The minimum absolute atomic E-state index is 0.0586. The van der Waals surface area contributed by atoms with E-state index < -0.39 is 35.1 Å². The number of nitrogens with two attached hydrogens (primary N) is 3. The van der Waals surface area contributed by atoms with Crippen LogP contribution in [0.3, 0.4) is 0 Å². The van der Waals surface area contributed by atoms with E-state index in [9.17, 15) is 19.8 Å². The Balaban J connectivity index is 1.63. The predicted molar refractivity (Wildman–Crippen MR) is 144 cm³/mol. The molecule has 4 fully saturated rings. The molecular formula is C30H43N3O5. The largest absolute Gasteiger partial charge is 0.478 e. The molecule has 0 radical (unpaired) electrons. The van der Waals surface area contributed by atoms with Crippen LogP contribution >= 0.6 is 0 Å². The number of benzene rings is 1. The molecule has 38 heavy (non-hydrogen) atoms. The molecule has 0 heterocycles. The number of carbonyl (C=O) groups is 2. The van der Waals surface area contributed by atoms with Crippen LogP contribution < -0.4 is 17.2 Å². The van der Waals surface area contributed by atoms with E-state index in [2.05, 4.69) is 13.8 Å². The van der Waals surface area contributed by atoms with Gasteiger partial charge >= 0.3 is 11.9 Å². The van der Waals surface area contributed by atoms with Gasteiger partial charge in [-0.15, -0.1) is 0 Å². The smallest absolute Gasteiger partial charge is 0.332 e. The highest BCUT2D eigenvalue weighted by Gasteiger charge is 2.71. The SMILES string of the molecule is CC(=O)O[C@H]1C[C@@]2(C)[C@H](/C1=C(\Cc1ccccc1)C(=O)O)[C@@H](N)C[C@H]1[C@@]3(C)CC[C@@H](O)[C@@H](N)[C@@H]3CC[C@@]12N. The van der Waals surface area contributed by atoms with Crippen molar-refractivity contribution in [2.45, 2.75) is 95.5 Å². The van der Waals surface area contributed by atoms with Crippen molar-refractivity contribution in [1.29, 1.82) is 0 Å². The van der Waals surface area contributed by atoms with Crippen molar-refractivity contribution in [3.8, 4) is 0 Å². The Morgan fingerprint density at radius 2 is 1.79 bits per heavy atom. The van der Waals surface area contributed by atoms with Crippen molar-refractivity contribution in [1.82, 2.24) is 0 Å². The highest BCUT2D eigenvalue weighted by molar-refractivity contribution is 5.89. The minimum Gasteiger partial charge on any atom is -0.478 e. The maximum atomic E-state index is 12.8.